The molecule has 2 aromatic rings. The van der Waals surface area contributed by atoms with E-state index in [4.69, 9.17) is 0 Å². The fourth-order valence-electron chi connectivity index (χ4n) is 1.49. The number of aromatic hydroxyl groups is 1. The molecule has 19 heavy (non-hydrogen) atoms. The molecular formula is C12H8F4N2O. The predicted octanol–water partition coefficient (Wildman–Crippen LogP) is 2.96. The Bertz CT molecular complexity index is 593. The number of aromatic nitrogens is 1. The number of nitrogens with zero attached hydrogens (tertiary/aromatic N) is 1. The number of anilines is 1. The Morgan fingerprint density at radius 2 is 1.58 bits per heavy atom. The lowest BCUT2D eigenvalue weighted by molar-refractivity contribution is 0.410. The minimum absolute atomic E-state index is 0.106. The molecule has 0 fully saturated rings. The molecule has 0 spiro atoms. The largest absolute Gasteiger partial charge is 0.508 e. The fourth-order valence-corrected chi connectivity index (χ4v) is 1.49. The SMILES string of the molecule is Oc1ccccc1CNc1c(F)c(F)nc(F)c1F. The third-order valence-electron chi connectivity index (χ3n) is 2.44. The van der Waals surface area contributed by atoms with Crippen LogP contribution in [-0.2, 0) is 6.54 Å². The van der Waals surface area contributed by atoms with Crippen molar-refractivity contribution in [2.75, 3.05) is 5.32 Å². The Kier molecular flexibility index (Phi) is 3.55. The number of halogens is 4. The van der Waals surface area contributed by atoms with Crippen molar-refractivity contribution in [2.24, 2.45) is 0 Å². The second-order valence-electron chi connectivity index (χ2n) is 3.68. The molecular weight excluding hydrogens is 264 g/mol. The van der Waals surface area contributed by atoms with Gasteiger partial charge in [-0.05, 0) is 6.07 Å². The molecule has 0 saturated carbocycles. The number of hydrogen-bond acceptors (Lipinski definition) is 3. The molecule has 1 aromatic carbocycles. The van der Waals surface area contributed by atoms with Crippen LogP contribution in [0.1, 0.15) is 5.56 Å². The van der Waals surface area contributed by atoms with Crippen molar-refractivity contribution in [2.45, 2.75) is 6.54 Å². The third-order valence-corrected chi connectivity index (χ3v) is 2.44. The van der Waals surface area contributed by atoms with E-state index in [1.54, 1.807) is 12.1 Å². The molecule has 7 heteroatoms. The van der Waals surface area contributed by atoms with Crippen LogP contribution in [0, 0.1) is 23.5 Å². The minimum atomic E-state index is -1.74. The van der Waals surface area contributed by atoms with Gasteiger partial charge in [-0.2, -0.15) is 22.5 Å². The third kappa shape index (κ3) is 2.59. The highest BCUT2D eigenvalue weighted by Crippen LogP contribution is 2.24. The van der Waals surface area contributed by atoms with Crippen molar-refractivity contribution < 1.29 is 22.7 Å². The van der Waals surface area contributed by atoms with Crippen LogP contribution in [0.5, 0.6) is 5.75 Å². The van der Waals surface area contributed by atoms with E-state index in [1.807, 2.05) is 0 Å². The lowest BCUT2D eigenvalue weighted by atomic mass is 10.2. The Labute approximate surface area is 105 Å². The number of nitrogens with one attached hydrogen (secondary N) is 1. The summed E-state index contributed by atoms with van der Waals surface area (Å²) in [4.78, 5) is 2.43. The number of pyridine rings is 1. The summed E-state index contributed by atoms with van der Waals surface area (Å²) in [5.74, 6) is -6.81. The lowest BCUT2D eigenvalue weighted by Gasteiger charge is -2.10. The Balaban J connectivity index is 2.28. The van der Waals surface area contributed by atoms with E-state index in [0.29, 0.717) is 5.56 Å². The Morgan fingerprint density at radius 1 is 1.00 bits per heavy atom. The average Bonchev–Trinajstić information content (AvgIpc) is 2.38. The van der Waals surface area contributed by atoms with E-state index in [0.717, 1.165) is 0 Å². The Morgan fingerprint density at radius 3 is 2.16 bits per heavy atom. The summed E-state index contributed by atoms with van der Waals surface area (Å²) in [6.07, 6.45) is 0. The van der Waals surface area contributed by atoms with E-state index in [1.165, 1.54) is 12.1 Å². The van der Waals surface area contributed by atoms with Crippen molar-refractivity contribution in [1.29, 1.82) is 0 Å². The molecule has 0 unspecified atom stereocenters. The molecule has 0 saturated heterocycles. The average molecular weight is 272 g/mol. The minimum Gasteiger partial charge on any atom is -0.508 e. The van der Waals surface area contributed by atoms with Crippen LogP contribution in [0.2, 0.25) is 0 Å². The molecule has 0 atom stereocenters. The van der Waals surface area contributed by atoms with Crippen molar-refractivity contribution >= 4 is 5.69 Å². The van der Waals surface area contributed by atoms with Gasteiger partial charge in [0.2, 0.25) is 11.6 Å². The molecule has 1 aromatic heterocycles. The Hall–Kier alpha value is -2.31. The van der Waals surface area contributed by atoms with E-state index >= 15 is 0 Å². The standard InChI is InChI=1S/C12H8F4N2O/c13-8-10(9(14)12(16)18-11(8)15)17-5-6-3-1-2-4-7(6)19/h1-4,19H,5H2,(H,17,18). The number of rotatable bonds is 3. The number of para-hydroxylation sites is 1. The maximum atomic E-state index is 13.3. The van der Waals surface area contributed by atoms with Crippen LogP contribution in [0.25, 0.3) is 0 Å². The van der Waals surface area contributed by atoms with Gasteiger partial charge in [-0.25, -0.2) is 0 Å². The van der Waals surface area contributed by atoms with Crippen LogP contribution in [0.4, 0.5) is 23.2 Å². The van der Waals surface area contributed by atoms with Gasteiger partial charge in [0.25, 0.3) is 11.9 Å². The first kappa shape index (κ1) is 13.1. The van der Waals surface area contributed by atoms with Gasteiger partial charge in [-0.1, -0.05) is 18.2 Å². The first-order chi connectivity index (χ1) is 9.00. The van der Waals surface area contributed by atoms with E-state index in [2.05, 4.69) is 10.3 Å². The van der Waals surface area contributed by atoms with Gasteiger partial charge in [-0.15, -0.1) is 0 Å². The normalized spacial score (nSPS) is 10.5. The number of benzene rings is 1. The topological polar surface area (TPSA) is 45.1 Å². The second kappa shape index (κ2) is 5.13. The lowest BCUT2D eigenvalue weighted by Crippen LogP contribution is -2.09. The highest BCUT2D eigenvalue weighted by Gasteiger charge is 2.20. The number of hydrogen-bond donors (Lipinski definition) is 2. The van der Waals surface area contributed by atoms with Crippen molar-refractivity contribution in [3.8, 4) is 5.75 Å². The smallest absolute Gasteiger partial charge is 0.253 e. The number of phenolic OH excluding ortho intramolecular Hbond substituents is 1. The highest BCUT2D eigenvalue weighted by atomic mass is 19.2. The van der Waals surface area contributed by atoms with Gasteiger partial charge >= 0.3 is 0 Å². The molecule has 2 N–H and O–H groups in total. The summed E-state index contributed by atoms with van der Waals surface area (Å²) in [6.45, 7) is -0.205. The van der Waals surface area contributed by atoms with E-state index in [-0.39, 0.29) is 12.3 Å². The molecule has 3 nitrogen and oxygen atoms in total. The van der Waals surface area contributed by atoms with Crippen LogP contribution in [-0.4, -0.2) is 10.1 Å². The molecule has 0 aliphatic rings. The molecule has 0 aliphatic carbocycles. The first-order valence-corrected chi connectivity index (χ1v) is 5.21. The molecule has 0 bridgehead atoms. The fraction of sp³-hybridized carbons (Fsp3) is 0.0833. The zero-order valence-electron chi connectivity index (χ0n) is 9.42. The second-order valence-corrected chi connectivity index (χ2v) is 3.68. The van der Waals surface area contributed by atoms with Gasteiger partial charge < -0.3 is 10.4 Å². The maximum absolute atomic E-state index is 13.3. The molecule has 0 amide bonds. The zero-order valence-corrected chi connectivity index (χ0v) is 9.42. The molecule has 100 valence electrons. The van der Waals surface area contributed by atoms with Gasteiger partial charge in [0.05, 0.1) is 0 Å². The number of phenols is 1. The van der Waals surface area contributed by atoms with Crippen LogP contribution in [0.3, 0.4) is 0 Å². The van der Waals surface area contributed by atoms with Gasteiger partial charge in [0, 0.05) is 12.1 Å². The van der Waals surface area contributed by atoms with Gasteiger partial charge in [-0.3, -0.25) is 0 Å². The van der Waals surface area contributed by atoms with Gasteiger partial charge in [0.1, 0.15) is 11.4 Å². The van der Waals surface area contributed by atoms with Crippen molar-refractivity contribution in [3.63, 3.8) is 0 Å². The highest BCUT2D eigenvalue weighted by molar-refractivity contribution is 5.47. The molecule has 0 radical (unpaired) electrons. The molecule has 1 heterocycles. The van der Waals surface area contributed by atoms with Crippen molar-refractivity contribution in [3.05, 3.63) is 53.4 Å². The summed E-state index contributed by atoms with van der Waals surface area (Å²) in [6, 6.07) is 6.02. The summed E-state index contributed by atoms with van der Waals surface area (Å²) >= 11 is 0. The summed E-state index contributed by atoms with van der Waals surface area (Å²) in [5.41, 5.74) is -0.646. The van der Waals surface area contributed by atoms with Crippen LogP contribution >= 0.6 is 0 Å². The summed E-state index contributed by atoms with van der Waals surface area (Å²) in [7, 11) is 0. The van der Waals surface area contributed by atoms with Crippen LogP contribution < -0.4 is 5.32 Å². The van der Waals surface area contributed by atoms with E-state index < -0.39 is 29.2 Å². The van der Waals surface area contributed by atoms with Gasteiger partial charge in [0.15, 0.2) is 0 Å². The summed E-state index contributed by atoms with van der Waals surface area (Å²) in [5, 5.41) is 11.6. The predicted molar refractivity (Wildman–Crippen MR) is 59.5 cm³/mol. The summed E-state index contributed by atoms with van der Waals surface area (Å²) < 4.78 is 52.2. The van der Waals surface area contributed by atoms with Crippen molar-refractivity contribution in [1.82, 2.24) is 4.98 Å². The monoisotopic (exact) mass is 272 g/mol. The first-order valence-electron chi connectivity index (χ1n) is 5.21. The van der Waals surface area contributed by atoms with E-state index in [9.17, 15) is 22.7 Å². The molecule has 2 rings (SSSR count). The maximum Gasteiger partial charge on any atom is 0.253 e. The van der Waals surface area contributed by atoms with Crippen LogP contribution in [0.15, 0.2) is 24.3 Å². The quantitative estimate of drug-likeness (QED) is 0.667. The molecule has 0 aliphatic heterocycles. The zero-order chi connectivity index (χ0) is 14.0.